The molecule has 0 unspecified atom stereocenters. The SMILES string of the molecule is NC(=O)[C@H](NC1CC1)C(=O)Nc1ccc(N2CCOCC2=O)c(C(F)(F)F)c1. The number of nitrogens with one attached hydrogen (secondary N) is 2. The number of nitrogens with two attached hydrogens (primary N) is 1. The second kappa shape index (κ2) is 7.76. The molecule has 0 spiro atoms. The molecule has 4 N–H and O–H groups in total. The van der Waals surface area contributed by atoms with E-state index < -0.39 is 35.5 Å². The largest absolute Gasteiger partial charge is 0.418 e. The topological polar surface area (TPSA) is 114 Å². The Morgan fingerprint density at radius 1 is 1.29 bits per heavy atom. The van der Waals surface area contributed by atoms with Gasteiger partial charge in [0.15, 0.2) is 6.04 Å². The average Bonchev–Trinajstić information content (AvgIpc) is 3.43. The van der Waals surface area contributed by atoms with Crippen molar-refractivity contribution in [3.63, 3.8) is 0 Å². The molecule has 8 nitrogen and oxygen atoms in total. The summed E-state index contributed by atoms with van der Waals surface area (Å²) in [5.41, 5.74) is 3.65. The number of amides is 3. The Bertz CT molecular complexity index is 795. The highest BCUT2D eigenvalue weighted by atomic mass is 19.4. The van der Waals surface area contributed by atoms with Crippen LogP contribution in [0.5, 0.6) is 0 Å². The number of hydrogen-bond donors (Lipinski definition) is 3. The van der Waals surface area contributed by atoms with Gasteiger partial charge in [-0.05, 0) is 31.0 Å². The van der Waals surface area contributed by atoms with Crippen molar-refractivity contribution >= 4 is 29.1 Å². The molecular formula is C17H19F3N4O4. The van der Waals surface area contributed by atoms with E-state index in [0.717, 1.165) is 29.9 Å². The molecule has 1 heterocycles. The molecule has 1 saturated heterocycles. The van der Waals surface area contributed by atoms with E-state index >= 15 is 0 Å². The van der Waals surface area contributed by atoms with Gasteiger partial charge in [0, 0.05) is 18.3 Å². The number of hydrogen-bond acceptors (Lipinski definition) is 5. The van der Waals surface area contributed by atoms with Crippen LogP contribution < -0.4 is 21.3 Å². The van der Waals surface area contributed by atoms with Crippen LogP contribution in [-0.4, -0.2) is 49.6 Å². The van der Waals surface area contributed by atoms with Crippen molar-refractivity contribution < 1.29 is 32.3 Å². The van der Waals surface area contributed by atoms with Crippen LogP contribution in [0.25, 0.3) is 0 Å². The van der Waals surface area contributed by atoms with E-state index in [1.807, 2.05) is 0 Å². The average molecular weight is 400 g/mol. The molecule has 3 rings (SSSR count). The molecule has 0 bridgehead atoms. The van der Waals surface area contributed by atoms with Crippen molar-refractivity contribution in [3.05, 3.63) is 23.8 Å². The van der Waals surface area contributed by atoms with Gasteiger partial charge in [-0.15, -0.1) is 0 Å². The molecule has 1 aliphatic heterocycles. The summed E-state index contributed by atoms with van der Waals surface area (Å²) in [4.78, 5) is 36.7. The van der Waals surface area contributed by atoms with Gasteiger partial charge >= 0.3 is 6.18 Å². The minimum atomic E-state index is -4.76. The molecule has 1 aliphatic carbocycles. The molecule has 0 radical (unpaired) electrons. The van der Waals surface area contributed by atoms with Crippen molar-refractivity contribution in [1.82, 2.24) is 5.32 Å². The highest BCUT2D eigenvalue weighted by Crippen LogP contribution is 2.38. The zero-order valence-corrected chi connectivity index (χ0v) is 14.7. The minimum Gasteiger partial charge on any atom is -0.370 e. The Labute approximate surface area is 158 Å². The van der Waals surface area contributed by atoms with Gasteiger partial charge in [0.25, 0.3) is 11.8 Å². The molecule has 2 aliphatic rings. The molecular weight excluding hydrogens is 381 g/mol. The van der Waals surface area contributed by atoms with Crippen LogP contribution in [0.3, 0.4) is 0 Å². The monoisotopic (exact) mass is 400 g/mol. The number of halogens is 3. The fourth-order valence-electron chi connectivity index (χ4n) is 2.84. The lowest BCUT2D eigenvalue weighted by Crippen LogP contribution is -2.50. The quantitative estimate of drug-likeness (QED) is 0.606. The number of morpholine rings is 1. The highest BCUT2D eigenvalue weighted by Gasteiger charge is 2.38. The fourth-order valence-corrected chi connectivity index (χ4v) is 2.84. The lowest BCUT2D eigenvalue weighted by molar-refractivity contribution is -0.137. The summed E-state index contributed by atoms with van der Waals surface area (Å²) < 4.78 is 45.6. The molecule has 1 aromatic rings. The highest BCUT2D eigenvalue weighted by molar-refractivity contribution is 6.09. The summed E-state index contributed by atoms with van der Waals surface area (Å²) >= 11 is 0. The molecule has 28 heavy (non-hydrogen) atoms. The third kappa shape index (κ3) is 4.60. The number of alkyl halides is 3. The van der Waals surface area contributed by atoms with Crippen LogP contribution in [0.1, 0.15) is 18.4 Å². The maximum absolute atomic E-state index is 13.5. The van der Waals surface area contributed by atoms with Gasteiger partial charge in [0.1, 0.15) is 6.61 Å². The van der Waals surface area contributed by atoms with Gasteiger partial charge in [-0.3, -0.25) is 19.7 Å². The lowest BCUT2D eigenvalue weighted by Gasteiger charge is -2.29. The summed E-state index contributed by atoms with van der Waals surface area (Å²) in [7, 11) is 0. The first-order valence-electron chi connectivity index (χ1n) is 8.62. The van der Waals surface area contributed by atoms with Gasteiger partial charge in [0.05, 0.1) is 17.9 Å². The zero-order chi connectivity index (χ0) is 20.5. The van der Waals surface area contributed by atoms with Crippen molar-refractivity contribution in [2.75, 3.05) is 30.0 Å². The van der Waals surface area contributed by atoms with Crippen LogP contribution in [-0.2, 0) is 25.3 Å². The van der Waals surface area contributed by atoms with Crippen LogP contribution in [0.2, 0.25) is 0 Å². The molecule has 1 aromatic carbocycles. The number of benzene rings is 1. The van der Waals surface area contributed by atoms with E-state index in [2.05, 4.69) is 10.6 Å². The second-order valence-electron chi connectivity index (χ2n) is 6.59. The van der Waals surface area contributed by atoms with E-state index in [1.165, 1.54) is 6.07 Å². The van der Waals surface area contributed by atoms with Gasteiger partial charge < -0.3 is 20.7 Å². The summed E-state index contributed by atoms with van der Waals surface area (Å²) in [5, 5.41) is 5.03. The van der Waals surface area contributed by atoms with E-state index in [9.17, 15) is 27.6 Å². The van der Waals surface area contributed by atoms with Gasteiger partial charge in [-0.25, -0.2) is 0 Å². The van der Waals surface area contributed by atoms with Gasteiger partial charge in [-0.2, -0.15) is 13.2 Å². The summed E-state index contributed by atoms with van der Waals surface area (Å²) in [6.07, 6.45) is -3.18. The van der Waals surface area contributed by atoms with Crippen molar-refractivity contribution in [2.45, 2.75) is 31.1 Å². The first-order chi connectivity index (χ1) is 13.2. The smallest absolute Gasteiger partial charge is 0.370 e. The summed E-state index contributed by atoms with van der Waals surface area (Å²) in [5.74, 6) is -2.35. The van der Waals surface area contributed by atoms with Crippen LogP contribution >= 0.6 is 0 Å². The lowest BCUT2D eigenvalue weighted by atomic mass is 10.1. The predicted molar refractivity (Wildman–Crippen MR) is 92.4 cm³/mol. The molecule has 1 atom stereocenters. The number of rotatable bonds is 6. The predicted octanol–water partition coefficient (Wildman–Crippen LogP) is 0.613. The Kier molecular flexibility index (Phi) is 5.57. The maximum Gasteiger partial charge on any atom is 0.418 e. The zero-order valence-electron chi connectivity index (χ0n) is 14.7. The molecule has 3 amide bonds. The fraction of sp³-hybridized carbons (Fsp3) is 0.471. The number of primary amides is 1. The number of carbonyl (C=O) groups excluding carboxylic acids is 3. The first kappa shape index (κ1) is 20.1. The van der Waals surface area contributed by atoms with Crippen LogP contribution in [0.4, 0.5) is 24.5 Å². The standard InChI is InChI=1S/C17H19F3N4O4/c18-17(19,20)11-7-10(3-4-12(11)24-5-6-28-8-13(24)25)23-16(27)14(15(21)26)22-9-1-2-9/h3-4,7,9,14,22H,1-2,5-6,8H2,(H2,21,26)(H,23,27)/t14-/m0/s1. The third-order valence-corrected chi connectivity index (χ3v) is 4.37. The van der Waals surface area contributed by atoms with Crippen molar-refractivity contribution in [3.8, 4) is 0 Å². The maximum atomic E-state index is 13.5. The Hall–Kier alpha value is -2.66. The Balaban J connectivity index is 1.85. The van der Waals surface area contributed by atoms with Gasteiger partial charge in [-0.1, -0.05) is 0 Å². The van der Waals surface area contributed by atoms with Crippen LogP contribution in [0, 0.1) is 0 Å². The summed E-state index contributed by atoms with van der Waals surface area (Å²) in [6, 6.07) is 1.71. The van der Waals surface area contributed by atoms with E-state index in [4.69, 9.17) is 10.5 Å². The number of carbonyl (C=O) groups is 3. The van der Waals surface area contributed by atoms with Crippen molar-refractivity contribution in [2.24, 2.45) is 5.73 Å². The number of anilines is 2. The van der Waals surface area contributed by atoms with Crippen molar-refractivity contribution in [1.29, 1.82) is 0 Å². The summed E-state index contributed by atoms with van der Waals surface area (Å²) in [6.45, 7) is -0.194. The first-order valence-corrected chi connectivity index (χ1v) is 8.62. The van der Waals surface area contributed by atoms with E-state index in [-0.39, 0.29) is 37.2 Å². The van der Waals surface area contributed by atoms with E-state index in [1.54, 1.807) is 0 Å². The molecule has 0 aromatic heterocycles. The minimum absolute atomic E-state index is 0.0105. The molecule has 2 fully saturated rings. The third-order valence-electron chi connectivity index (χ3n) is 4.37. The van der Waals surface area contributed by atoms with Gasteiger partial charge in [0.2, 0.25) is 5.91 Å². The Morgan fingerprint density at radius 2 is 2.00 bits per heavy atom. The molecule has 1 saturated carbocycles. The second-order valence-corrected chi connectivity index (χ2v) is 6.59. The molecule has 152 valence electrons. The van der Waals surface area contributed by atoms with Crippen LogP contribution in [0.15, 0.2) is 18.2 Å². The molecule has 11 heteroatoms. The normalized spacial score (nSPS) is 18.7. The number of ether oxygens (including phenoxy) is 1. The Morgan fingerprint density at radius 3 is 2.57 bits per heavy atom. The van der Waals surface area contributed by atoms with E-state index in [0.29, 0.717) is 0 Å². The number of nitrogens with zero attached hydrogens (tertiary/aromatic N) is 1.